The lowest BCUT2D eigenvalue weighted by Gasteiger charge is -2.06. The van der Waals surface area contributed by atoms with Crippen LogP contribution in [0.5, 0.6) is 0 Å². The Balaban J connectivity index is 1.85. The predicted molar refractivity (Wildman–Crippen MR) is 96.0 cm³/mol. The van der Waals surface area contributed by atoms with E-state index in [1.807, 2.05) is 11.6 Å². The molecule has 0 spiro atoms. The maximum absolute atomic E-state index is 11.4. The fraction of sp³-hybridized carbons (Fsp3) is 0.294. The van der Waals surface area contributed by atoms with Crippen LogP contribution >= 0.6 is 11.8 Å². The van der Waals surface area contributed by atoms with Crippen molar-refractivity contribution in [3.8, 4) is 0 Å². The molecule has 3 rings (SSSR count). The van der Waals surface area contributed by atoms with Crippen molar-refractivity contribution in [2.24, 2.45) is 7.05 Å². The van der Waals surface area contributed by atoms with Crippen molar-refractivity contribution in [3.63, 3.8) is 0 Å². The number of aryl methyl sites for hydroxylation is 2. The standard InChI is InChI=1S/C17H19N5OS/c1-4-12-5-7-13(8-6-12)9-24-17-20-15(19-11(2)23)14-16(21-17)22(3)10-18-14/h5-8,10H,4,9H2,1-3H3,(H,19,20,21,23). The fourth-order valence-electron chi connectivity index (χ4n) is 2.32. The first-order chi connectivity index (χ1) is 11.6. The SMILES string of the molecule is CCc1ccc(CSc2nc(NC(C)=O)c3ncn(C)c3n2)cc1. The molecular formula is C17H19N5OS. The normalized spacial score (nSPS) is 11.0. The molecule has 0 saturated carbocycles. The molecule has 0 aliphatic rings. The van der Waals surface area contributed by atoms with E-state index in [0.717, 1.165) is 12.2 Å². The van der Waals surface area contributed by atoms with E-state index in [9.17, 15) is 4.79 Å². The lowest BCUT2D eigenvalue weighted by Crippen LogP contribution is -2.09. The Kier molecular flexibility index (Phi) is 4.80. The number of benzene rings is 1. The number of carbonyl (C=O) groups excluding carboxylic acids is 1. The molecule has 0 radical (unpaired) electrons. The third-order valence-electron chi connectivity index (χ3n) is 3.63. The largest absolute Gasteiger partial charge is 0.318 e. The molecule has 0 aliphatic carbocycles. The van der Waals surface area contributed by atoms with E-state index in [1.54, 1.807) is 18.1 Å². The summed E-state index contributed by atoms with van der Waals surface area (Å²) in [6.07, 6.45) is 2.70. The predicted octanol–water partition coefficient (Wildman–Crippen LogP) is 3.18. The number of aromatic nitrogens is 4. The van der Waals surface area contributed by atoms with E-state index in [-0.39, 0.29) is 5.91 Å². The van der Waals surface area contributed by atoms with Gasteiger partial charge in [0.2, 0.25) is 5.91 Å². The summed E-state index contributed by atoms with van der Waals surface area (Å²) in [5.74, 6) is 1.05. The Morgan fingerprint density at radius 1 is 1.21 bits per heavy atom. The van der Waals surface area contributed by atoms with Crippen LogP contribution in [0, 0.1) is 0 Å². The molecule has 6 nitrogen and oxygen atoms in total. The summed E-state index contributed by atoms with van der Waals surface area (Å²) in [7, 11) is 1.87. The lowest BCUT2D eigenvalue weighted by molar-refractivity contribution is -0.114. The number of fused-ring (bicyclic) bond motifs is 1. The van der Waals surface area contributed by atoms with Gasteiger partial charge in [0.05, 0.1) is 6.33 Å². The zero-order valence-electron chi connectivity index (χ0n) is 13.9. The van der Waals surface area contributed by atoms with E-state index in [0.29, 0.717) is 22.1 Å². The van der Waals surface area contributed by atoms with Gasteiger partial charge in [-0.2, -0.15) is 0 Å². The van der Waals surface area contributed by atoms with E-state index >= 15 is 0 Å². The average molecular weight is 341 g/mol. The molecule has 2 heterocycles. The number of nitrogens with zero attached hydrogens (tertiary/aromatic N) is 4. The second-order valence-corrected chi connectivity index (χ2v) is 6.46. The summed E-state index contributed by atoms with van der Waals surface area (Å²) in [6.45, 7) is 3.60. The molecule has 0 atom stereocenters. The minimum atomic E-state index is -0.174. The monoisotopic (exact) mass is 341 g/mol. The van der Waals surface area contributed by atoms with Crippen molar-refractivity contribution >= 4 is 34.7 Å². The zero-order chi connectivity index (χ0) is 17.1. The van der Waals surface area contributed by atoms with Gasteiger partial charge in [0.1, 0.15) is 0 Å². The lowest BCUT2D eigenvalue weighted by atomic mass is 10.1. The average Bonchev–Trinajstić information content (AvgIpc) is 2.94. The van der Waals surface area contributed by atoms with Gasteiger partial charge in [0.15, 0.2) is 22.1 Å². The maximum Gasteiger partial charge on any atom is 0.222 e. The molecule has 1 N–H and O–H groups in total. The number of anilines is 1. The van der Waals surface area contributed by atoms with Crippen LogP contribution in [0.2, 0.25) is 0 Å². The van der Waals surface area contributed by atoms with Crippen LogP contribution in [0.15, 0.2) is 35.7 Å². The van der Waals surface area contributed by atoms with Gasteiger partial charge in [-0.25, -0.2) is 15.0 Å². The number of thioether (sulfide) groups is 1. The van der Waals surface area contributed by atoms with Gasteiger partial charge in [-0.1, -0.05) is 43.0 Å². The van der Waals surface area contributed by atoms with E-state index in [2.05, 4.69) is 51.5 Å². The number of hydrogen-bond acceptors (Lipinski definition) is 5. The summed E-state index contributed by atoms with van der Waals surface area (Å²) >= 11 is 1.54. The summed E-state index contributed by atoms with van der Waals surface area (Å²) in [4.78, 5) is 24.7. The fourth-order valence-corrected chi connectivity index (χ4v) is 3.12. The third-order valence-corrected chi connectivity index (χ3v) is 4.55. The second kappa shape index (κ2) is 7.00. The molecular weight excluding hydrogens is 322 g/mol. The van der Waals surface area contributed by atoms with E-state index in [4.69, 9.17) is 0 Å². The molecule has 0 unspecified atom stereocenters. The van der Waals surface area contributed by atoms with E-state index in [1.165, 1.54) is 18.1 Å². The Morgan fingerprint density at radius 2 is 1.92 bits per heavy atom. The highest BCUT2D eigenvalue weighted by Gasteiger charge is 2.13. The summed E-state index contributed by atoms with van der Waals surface area (Å²) in [5.41, 5.74) is 3.85. The number of rotatable bonds is 5. The second-order valence-electron chi connectivity index (χ2n) is 5.52. The molecule has 0 fully saturated rings. The van der Waals surface area contributed by atoms with Crippen molar-refractivity contribution in [1.82, 2.24) is 19.5 Å². The Hall–Kier alpha value is -2.41. The number of nitrogens with one attached hydrogen (secondary N) is 1. The smallest absolute Gasteiger partial charge is 0.222 e. The highest BCUT2D eigenvalue weighted by atomic mass is 32.2. The first-order valence-electron chi connectivity index (χ1n) is 7.74. The minimum absolute atomic E-state index is 0.174. The topological polar surface area (TPSA) is 72.7 Å². The minimum Gasteiger partial charge on any atom is -0.318 e. The van der Waals surface area contributed by atoms with Gasteiger partial charge >= 0.3 is 0 Å². The van der Waals surface area contributed by atoms with Crippen LogP contribution < -0.4 is 5.32 Å². The van der Waals surface area contributed by atoms with Crippen LogP contribution in [0.1, 0.15) is 25.0 Å². The molecule has 124 valence electrons. The zero-order valence-corrected chi connectivity index (χ0v) is 14.7. The Bertz CT molecular complexity index is 873. The van der Waals surface area contributed by atoms with Gasteiger partial charge < -0.3 is 9.88 Å². The van der Waals surface area contributed by atoms with Gasteiger partial charge in [0.25, 0.3) is 0 Å². The molecule has 24 heavy (non-hydrogen) atoms. The van der Waals surface area contributed by atoms with Crippen LogP contribution in [0.3, 0.4) is 0 Å². The number of hydrogen-bond donors (Lipinski definition) is 1. The molecule has 3 aromatic rings. The summed E-state index contributed by atoms with van der Waals surface area (Å²) < 4.78 is 1.82. The van der Waals surface area contributed by atoms with Gasteiger partial charge in [-0.05, 0) is 17.5 Å². The Labute approximate surface area is 144 Å². The molecule has 1 amide bonds. The molecule has 0 aliphatic heterocycles. The number of amides is 1. The van der Waals surface area contributed by atoms with Crippen LogP contribution in [-0.4, -0.2) is 25.4 Å². The summed E-state index contributed by atoms with van der Waals surface area (Å²) in [6, 6.07) is 8.54. The van der Waals surface area contributed by atoms with Crippen LogP contribution in [0.4, 0.5) is 5.82 Å². The first-order valence-corrected chi connectivity index (χ1v) is 8.72. The Morgan fingerprint density at radius 3 is 2.58 bits per heavy atom. The van der Waals surface area contributed by atoms with Crippen LogP contribution in [0.25, 0.3) is 11.2 Å². The molecule has 0 saturated heterocycles. The molecule has 2 aromatic heterocycles. The molecule has 0 bridgehead atoms. The van der Waals surface area contributed by atoms with E-state index < -0.39 is 0 Å². The highest BCUT2D eigenvalue weighted by molar-refractivity contribution is 7.98. The number of carbonyl (C=O) groups is 1. The van der Waals surface area contributed by atoms with Crippen molar-refractivity contribution in [3.05, 3.63) is 41.7 Å². The highest BCUT2D eigenvalue weighted by Crippen LogP contribution is 2.25. The van der Waals surface area contributed by atoms with Crippen molar-refractivity contribution in [1.29, 1.82) is 0 Å². The van der Waals surface area contributed by atoms with Gasteiger partial charge in [0, 0.05) is 19.7 Å². The molecule has 7 heteroatoms. The third kappa shape index (κ3) is 3.56. The quantitative estimate of drug-likeness (QED) is 0.570. The number of imidazole rings is 1. The van der Waals surface area contributed by atoms with Crippen molar-refractivity contribution in [2.75, 3.05) is 5.32 Å². The molecule has 1 aromatic carbocycles. The van der Waals surface area contributed by atoms with Crippen LogP contribution in [-0.2, 0) is 24.0 Å². The van der Waals surface area contributed by atoms with Crippen molar-refractivity contribution in [2.45, 2.75) is 31.2 Å². The van der Waals surface area contributed by atoms with Gasteiger partial charge in [-0.3, -0.25) is 4.79 Å². The first kappa shape index (κ1) is 16.4. The summed E-state index contributed by atoms with van der Waals surface area (Å²) in [5, 5.41) is 3.36. The van der Waals surface area contributed by atoms with Crippen molar-refractivity contribution < 1.29 is 4.79 Å². The van der Waals surface area contributed by atoms with Gasteiger partial charge in [-0.15, -0.1) is 0 Å². The maximum atomic E-state index is 11.4.